The standard InChI is InChI=1S/C14H11F3O/c1-18-13-9-5-3-7-11(13)10-6-2-4-8-12(10)14(15,16)17/h2-9H,1H3. The fourth-order valence-corrected chi connectivity index (χ4v) is 1.83. The molecule has 2 rings (SSSR count). The molecular weight excluding hydrogens is 241 g/mol. The van der Waals surface area contributed by atoms with E-state index in [9.17, 15) is 13.2 Å². The predicted octanol–water partition coefficient (Wildman–Crippen LogP) is 4.38. The molecule has 0 radical (unpaired) electrons. The van der Waals surface area contributed by atoms with Crippen molar-refractivity contribution in [2.45, 2.75) is 6.18 Å². The Labute approximate surface area is 103 Å². The number of methoxy groups -OCH3 is 1. The molecule has 18 heavy (non-hydrogen) atoms. The predicted molar refractivity (Wildman–Crippen MR) is 63.4 cm³/mol. The van der Waals surface area contributed by atoms with E-state index in [1.165, 1.54) is 19.2 Å². The average molecular weight is 252 g/mol. The molecule has 0 heterocycles. The van der Waals surface area contributed by atoms with Crippen LogP contribution in [0.4, 0.5) is 13.2 Å². The lowest BCUT2D eigenvalue weighted by molar-refractivity contribution is -0.137. The molecule has 2 aromatic rings. The molecule has 0 aliphatic carbocycles. The van der Waals surface area contributed by atoms with Crippen LogP contribution < -0.4 is 4.74 Å². The Kier molecular flexibility index (Phi) is 3.28. The summed E-state index contributed by atoms with van der Waals surface area (Å²) in [6.45, 7) is 0. The van der Waals surface area contributed by atoms with Crippen LogP contribution in [0.2, 0.25) is 0 Å². The van der Waals surface area contributed by atoms with Crippen molar-refractivity contribution < 1.29 is 17.9 Å². The summed E-state index contributed by atoms with van der Waals surface area (Å²) in [5.74, 6) is 0.425. The molecule has 0 aliphatic rings. The molecule has 0 amide bonds. The minimum Gasteiger partial charge on any atom is -0.496 e. The van der Waals surface area contributed by atoms with Gasteiger partial charge in [0.05, 0.1) is 12.7 Å². The van der Waals surface area contributed by atoms with Crippen LogP contribution in [0.3, 0.4) is 0 Å². The van der Waals surface area contributed by atoms with Gasteiger partial charge in [-0.25, -0.2) is 0 Å². The number of halogens is 3. The number of ether oxygens (including phenoxy) is 1. The van der Waals surface area contributed by atoms with Gasteiger partial charge in [0.1, 0.15) is 5.75 Å². The first-order chi connectivity index (χ1) is 8.54. The van der Waals surface area contributed by atoms with Crippen molar-refractivity contribution in [3.63, 3.8) is 0 Å². The number of rotatable bonds is 2. The van der Waals surface area contributed by atoms with Gasteiger partial charge in [-0.05, 0) is 17.7 Å². The summed E-state index contributed by atoms with van der Waals surface area (Å²) in [6.07, 6.45) is -4.38. The topological polar surface area (TPSA) is 9.23 Å². The van der Waals surface area contributed by atoms with Gasteiger partial charge >= 0.3 is 6.18 Å². The van der Waals surface area contributed by atoms with Crippen molar-refractivity contribution in [1.29, 1.82) is 0 Å². The lowest BCUT2D eigenvalue weighted by Crippen LogP contribution is -2.07. The third-order valence-electron chi connectivity index (χ3n) is 2.63. The Balaban J connectivity index is 2.65. The van der Waals surface area contributed by atoms with Crippen molar-refractivity contribution in [2.75, 3.05) is 7.11 Å². The van der Waals surface area contributed by atoms with E-state index in [4.69, 9.17) is 4.74 Å². The fourth-order valence-electron chi connectivity index (χ4n) is 1.83. The van der Waals surface area contributed by atoms with Gasteiger partial charge in [0.25, 0.3) is 0 Å². The summed E-state index contributed by atoms with van der Waals surface area (Å²) in [4.78, 5) is 0. The zero-order valence-corrected chi connectivity index (χ0v) is 9.66. The second-order valence-corrected chi connectivity index (χ2v) is 3.74. The third-order valence-corrected chi connectivity index (χ3v) is 2.63. The highest BCUT2D eigenvalue weighted by Crippen LogP contribution is 2.39. The van der Waals surface area contributed by atoms with Crippen molar-refractivity contribution in [3.8, 4) is 16.9 Å². The SMILES string of the molecule is COc1ccccc1-c1ccccc1C(F)(F)F. The van der Waals surface area contributed by atoms with E-state index in [0.717, 1.165) is 6.07 Å². The van der Waals surface area contributed by atoms with Crippen LogP contribution in [-0.4, -0.2) is 7.11 Å². The number of alkyl halides is 3. The van der Waals surface area contributed by atoms with Crippen molar-refractivity contribution in [1.82, 2.24) is 0 Å². The molecule has 0 bridgehead atoms. The van der Waals surface area contributed by atoms with Crippen molar-refractivity contribution in [3.05, 3.63) is 54.1 Å². The molecule has 4 heteroatoms. The van der Waals surface area contributed by atoms with E-state index in [2.05, 4.69) is 0 Å². The molecular formula is C14H11F3O. The van der Waals surface area contributed by atoms with Crippen LogP contribution in [0, 0.1) is 0 Å². The normalized spacial score (nSPS) is 11.3. The second-order valence-electron chi connectivity index (χ2n) is 3.74. The van der Waals surface area contributed by atoms with Gasteiger partial charge in [-0.3, -0.25) is 0 Å². The Morgan fingerprint density at radius 3 is 2.00 bits per heavy atom. The number of para-hydroxylation sites is 1. The van der Waals surface area contributed by atoms with Gasteiger partial charge in [0, 0.05) is 5.56 Å². The maximum absolute atomic E-state index is 12.9. The smallest absolute Gasteiger partial charge is 0.417 e. The maximum Gasteiger partial charge on any atom is 0.417 e. The number of hydrogen-bond donors (Lipinski definition) is 0. The number of benzene rings is 2. The molecule has 0 fully saturated rings. The fraction of sp³-hybridized carbons (Fsp3) is 0.143. The molecule has 0 saturated heterocycles. The van der Waals surface area contributed by atoms with E-state index in [1.807, 2.05) is 0 Å². The molecule has 0 unspecified atom stereocenters. The number of hydrogen-bond acceptors (Lipinski definition) is 1. The monoisotopic (exact) mass is 252 g/mol. The first-order valence-electron chi connectivity index (χ1n) is 5.33. The molecule has 1 nitrogen and oxygen atoms in total. The van der Waals surface area contributed by atoms with Gasteiger partial charge in [-0.2, -0.15) is 13.2 Å². The molecule has 0 N–H and O–H groups in total. The van der Waals surface area contributed by atoms with Crippen LogP contribution in [0.15, 0.2) is 48.5 Å². The average Bonchev–Trinajstić information content (AvgIpc) is 2.37. The van der Waals surface area contributed by atoms with Crippen molar-refractivity contribution >= 4 is 0 Å². The van der Waals surface area contributed by atoms with E-state index in [-0.39, 0.29) is 5.56 Å². The quantitative estimate of drug-likeness (QED) is 0.770. The Hall–Kier alpha value is -1.97. The minimum atomic E-state index is -4.38. The Morgan fingerprint density at radius 2 is 1.39 bits per heavy atom. The van der Waals surface area contributed by atoms with E-state index in [1.54, 1.807) is 30.3 Å². The summed E-state index contributed by atoms with van der Waals surface area (Å²) in [7, 11) is 1.44. The largest absolute Gasteiger partial charge is 0.496 e. The van der Waals surface area contributed by atoms with Gasteiger partial charge in [-0.1, -0.05) is 36.4 Å². The van der Waals surface area contributed by atoms with E-state index >= 15 is 0 Å². The minimum absolute atomic E-state index is 0.127. The zero-order chi connectivity index (χ0) is 13.2. The van der Waals surface area contributed by atoms with E-state index in [0.29, 0.717) is 11.3 Å². The van der Waals surface area contributed by atoms with E-state index < -0.39 is 11.7 Å². The van der Waals surface area contributed by atoms with Crippen LogP contribution in [0.5, 0.6) is 5.75 Å². The molecule has 0 saturated carbocycles. The molecule has 0 atom stereocenters. The van der Waals surface area contributed by atoms with Gasteiger partial charge in [0.2, 0.25) is 0 Å². The van der Waals surface area contributed by atoms with Crippen molar-refractivity contribution in [2.24, 2.45) is 0 Å². The summed E-state index contributed by atoms with van der Waals surface area (Å²) < 4.78 is 43.9. The van der Waals surface area contributed by atoms with Crippen LogP contribution >= 0.6 is 0 Å². The molecule has 94 valence electrons. The summed E-state index contributed by atoms with van der Waals surface area (Å²) in [6, 6.07) is 12.1. The highest BCUT2D eigenvalue weighted by atomic mass is 19.4. The van der Waals surface area contributed by atoms with Crippen LogP contribution in [-0.2, 0) is 6.18 Å². The third kappa shape index (κ3) is 2.32. The van der Waals surface area contributed by atoms with Gasteiger partial charge < -0.3 is 4.74 Å². The molecule has 0 aromatic heterocycles. The van der Waals surface area contributed by atoms with Gasteiger partial charge in [-0.15, -0.1) is 0 Å². The molecule has 0 spiro atoms. The van der Waals surface area contributed by atoms with Crippen LogP contribution in [0.25, 0.3) is 11.1 Å². The molecule has 0 aliphatic heterocycles. The summed E-state index contributed by atoms with van der Waals surface area (Å²) >= 11 is 0. The highest BCUT2D eigenvalue weighted by Gasteiger charge is 2.33. The van der Waals surface area contributed by atoms with Crippen LogP contribution in [0.1, 0.15) is 5.56 Å². The zero-order valence-electron chi connectivity index (χ0n) is 9.66. The first-order valence-corrected chi connectivity index (χ1v) is 5.33. The highest BCUT2D eigenvalue weighted by molar-refractivity contribution is 5.73. The lowest BCUT2D eigenvalue weighted by atomic mass is 9.98. The molecule has 2 aromatic carbocycles. The summed E-state index contributed by atoms with van der Waals surface area (Å²) in [5, 5.41) is 0. The Morgan fingerprint density at radius 1 is 0.833 bits per heavy atom. The first kappa shape index (κ1) is 12.5. The second kappa shape index (κ2) is 4.72. The Bertz CT molecular complexity index is 547. The summed E-state index contributed by atoms with van der Waals surface area (Å²) in [5.41, 5.74) is -0.0927. The van der Waals surface area contributed by atoms with Gasteiger partial charge in [0.15, 0.2) is 0 Å². The maximum atomic E-state index is 12.9. The lowest BCUT2D eigenvalue weighted by Gasteiger charge is -2.14.